The number of benzene rings is 1. The Morgan fingerprint density at radius 2 is 2.15 bits per heavy atom. The van der Waals surface area contributed by atoms with E-state index in [4.69, 9.17) is 0 Å². The number of anilines is 2. The molecule has 0 amide bonds. The van der Waals surface area contributed by atoms with Gasteiger partial charge in [-0.15, -0.1) is 11.3 Å². The number of rotatable bonds is 6. The highest BCUT2D eigenvalue weighted by Crippen LogP contribution is 2.34. The molecule has 27 heavy (non-hydrogen) atoms. The van der Waals surface area contributed by atoms with Crippen LogP contribution < -0.4 is 9.62 Å². The smallest absolute Gasteiger partial charge is 0.269 e. The van der Waals surface area contributed by atoms with Gasteiger partial charge in [0.05, 0.1) is 0 Å². The molecule has 1 aromatic heterocycles. The summed E-state index contributed by atoms with van der Waals surface area (Å²) in [6, 6.07) is 1.12. The quantitative estimate of drug-likeness (QED) is 0.784. The number of hydrogen-bond donors (Lipinski definition) is 1. The minimum absolute atomic E-state index is 0.0570. The molecule has 1 N–H and O–H groups in total. The first-order valence-electron chi connectivity index (χ1n) is 8.49. The maximum absolute atomic E-state index is 14.9. The first kappa shape index (κ1) is 20.0. The summed E-state index contributed by atoms with van der Waals surface area (Å²) in [5, 5.41) is 1.62. The fourth-order valence-corrected chi connectivity index (χ4v) is 5.40. The van der Waals surface area contributed by atoms with Crippen molar-refractivity contribution in [3.63, 3.8) is 0 Å². The van der Waals surface area contributed by atoms with Gasteiger partial charge in [0.1, 0.15) is 5.82 Å². The van der Waals surface area contributed by atoms with E-state index in [0.29, 0.717) is 24.7 Å². The monoisotopic (exact) mass is 416 g/mol. The second kappa shape index (κ2) is 7.69. The zero-order valence-electron chi connectivity index (χ0n) is 15.4. The lowest BCUT2D eigenvalue weighted by Gasteiger charge is -2.23. The van der Waals surface area contributed by atoms with Crippen LogP contribution >= 0.6 is 11.3 Å². The van der Waals surface area contributed by atoms with Crippen molar-refractivity contribution < 1.29 is 17.2 Å². The number of nitrogens with one attached hydrogen (secondary N) is 1. The molecule has 0 spiro atoms. The third-order valence-electron chi connectivity index (χ3n) is 4.57. The van der Waals surface area contributed by atoms with Crippen LogP contribution in [0.25, 0.3) is 0 Å². The van der Waals surface area contributed by atoms with Gasteiger partial charge in [-0.25, -0.2) is 22.2 Å². The maximum Gasteiger partial charge on any atom is 0.269 e. The van der Waals surface area contributed by atoms with Crippen molar-refractivity contribution in [2.75, 3.05) is 43.4 Å². The van der Waals surface area contributed by atoms with Gasteiger partial charge < -0.3 is 9.80 Å². The maximum atomic E-state index is 14.9. The van der Waals surface area contributed by atoms with Crippen molar-refractivity contribution in [3.05, 3.63) is 34.8 Å². The standard InChI is InChI=1S/C17H22F2N4O2S2/c1-11-14(23-6-4-12(10-23)9-22(2)3)8-13(18)16(15(11)19)27(24,25)21-17-20-5-7-26-17/h5,7-8,12H,4,6,9-10H2,1-3H3,(H,20,21)/t12-/m0/s1. The third kappa shape index (κ3) is 4.22. The molecule has 2 aromatic rings. The second-order valence-electron chi connectivity index (χ2n) is 6.95. The van der Waals surface area contributed by atoms with Crippen molar-refractivity contribution in [3.8, 4) is 0 Å². The van der Waals surface area contributed by atoms with E-state index in [1.165, 1.54) is 13.1 Å². The Labute approximate surface area is 161 Å². The molecule has 1 aliphatic rings. The lowest BCUT2D eigenvalue weighted by molar-refractivity contribution is 0.340. The Hall–Kier alpha value is -1.78. The molecule has 6 nitrogen and oxygen atoms in total. The average molecular weight is 417 g/mol. The van der Waals surface area contributed by atoms with E-state index in [1.54, 1.807) is 5.38 Å². The Bertz CT molecular complexity index is 918. The van der Waals surface area contributed by atoms with Crippen molar-refractivity contribution >= 4 is 32.2 Å². The van der Waals surface area contributed by atoms with E-state index in [2.05, 4.69) is 14.6 Å². The van der Waals surface area contributed by atoms with Crippen LogP contribution in [0.15, 0.2) is 22.5 Å². The fraction of sp³-hybridized carbons (Fsp3) is 0.471. The van der Waals surface area contributed by atoms with Gasteiger partial charge in [0.2, 0.25) is 0 Å². The largest absolute Gasteiger partial charge is 0.371 e. The molecular weight excluding hydrogens is 394 g/mol. The van der Waals surface area contributed by atoms with Crippen molar-refractivity contribution in [1.82, 2.24) is 9.88 Å². The summed E-state index contributed by atoms with van der Waals surface area (Å²) in [7, 11) is -0.434. The van der Waals surface area contributed by atoms with Gasteiger partial charge in [0.15, 0.2) is 15.8 Å². The van der Waals surface area contributed by atoms with Crippen LogP contribution in [0.3, 0.4) is 0 Å². The molecule has 3 rings (SSSR count). The molecular formula is C17H22F2N4O2S2. The highest BCUT2D eigenvalue weighted by atomic mass is 32.2. The van der Waals surface area contributed by atoms with Gasteiger partial charge in [-0.1, -0.05) is 0 Å². The normalized spacial score (nSPS) is 17.7. The van der Waals surface area contributed by atoms with Crippen molar-refractivity contribution in [1.29, 1.82) is 0 Å². The zero-order chi connectivity index (χ0) is 19.8. The zero-order valence-corrected chi connectivity index (χ0v) is 17.0. The molecule has 1 saturated heterocycles. The molecule has 10 heteroatoms. The van der Waals surface area contributed by atoms with E-state index in [9.17, 15) is 17.2 Å². The lowest BCUT2D eigenvalue weighted by Crippen LogP contribution is -2.27. The molecule has 0 radical (unpaired) electrons. The Balaban J connectivity index is 1.91. The molecule has 1 fully saturated rings. The molecule has 0 aliphatic carbocycles. The Kier molecular flexibility index (Phi) is 5.68. The minimum Gasteiger partial charge on any atom is -0.371 e. The number of sulfonamides is 1. The molecule has 1 aliphatic heterocycles. The lowest BCUT2D eigenvalue weighted by atomic mass is 10.1. The Morgan fingerprint density at radius 1 is 1.41 bits per heavy atom. The summed E-state index contributed by atoms with van der Waals surface area (Å²) < 4.78 is 56.6. The van der Waals surface area contributed by atoms with Crippen LogP contribution in [0.4, 0.5) is 19.6 Å². The number of halogens is 2. The van der Waals surface area contributed by atoms with Crippen molar-refractivity contribution in [2.45, 2.75) is 18.2 Å². The predicted octanol–water partition coefficient (Wildman–Crippen LogP) is 2.92. The van der Waals surface area contributed by atoms with E-state index in [1.807, 2.05) is 19.0 Å². The molecule has 2 heterocycles. The van der Waals surface area contributed by atoms with E-state index >= 15 is 0 Å². The van der Waals surface area contributed by atoms with Gasteiger partial charge in [-0.05, 0) is 39.4 Å². The summed E-state index contributed by atoms with van der Waals surface area (Å²) in [4.78, 5) is 6.83. The summed E-state index contributed by atoms with van der Waals surface area (Å²) in [5.41, 5.74) is 0.529. The van der Waals surface area contributed by atoms with E-state index < -0.39 is 26.6 Å². The highest BCUT2D eigenvalue weighted by molar-refractivity contribution is 7.93. The Morgan fingerprint density at radius 3 is 2.78 bits per heavy atom. The average Bonchev–Trinajstić information content (AvgIpc) is 3.21. The molecule has 0 saturated carbocycles. The van der Waals surface area contributed by atoms with Crippen molar-refractivity contribution in [2.24, 2.45) is 5.92 Å². The predicted molar refractivity (Wildman–Crippen MR) is 103 cm³/mol. The third-order valence-corrected chi connectivity index (χ3v) is 6.76. The van der Waals surface area contributed by atoms with Crippen LogP contribution in [-0.2, 0) is 10.0 Å². The van der Waals surface area contributed by atoms with Crippen LogP contribution in [0.5, 0.6) is 0 Å². The van der Waals surface area contributed by atoms with Gasteiger partial charge in [0, 0.05) is 42.5 Å². The summed E-state index contributed by atoms with van der Waals surface area (Å²) in [6.45, 7) is 3.74. The molecule has 1 atom stereocenters. The molecule has 0 unspecified atom stereocenters. The summed E-state index contributed by atoms with van der Waals surface area (Å²) in [6.07, 6.45) is 2.33. The number of nitrogens with zero attached hydrogens (tertiary/aromatic N) is 3. The number of hydrogen-bond acceptors (Lipinski definition) is 6. The van der Waals surface area contributed by atoms with Crippen LogP contribution in [0.1, 0.15) is 12.0 Å². The van der Waals surface area contributed by atoms with Gasteiger partial charge in [-0.2, -0.15) is 0 Å². The number of thiazole rings is 1. The van der Waals surface area contributed by atoms with Gasteiger partial charge >= 0.3 is 0 Å². The van der Waals surface area contributed by atoms with Gasteiger partial charge in [0.25, 0.3) is 10.0 Å². The van der Waals surface area contributed by atoms with E-state index in [-0.39, 0.29) is 10.7 Å². The summed E-state index contributed by atoms with van der Waals surface area (Å²) >= 11 is 1.03. The SMILES string of the molecule is Cc1c(N2CC[C@@H](CN(C)C)C2)cc(F)c(S(=O)(=O)Nc2nccs2)c1F. The van der Waals surface area contributed by atoms with Crippen LogP contribution in [0.2, 0.25) is 0 Å². The number of aromatic nitrogens is 1. The summed E-state index contributed by atoms with van der Waals surface area (Å²) in [5.74, 6) is -1.76. The molecule has 0 bridgehead atoms. The first-order chi connectivity index (χ1) is 12.7. The van der Waals surface area contributed by atoms with Crippen LogP contribution in [-0.4, -0.2) is 52.0 Å². The first-order valence-corrected chi connectivity index (χ1v) is 10.9. The van der Waals surface area contributed by atoms with Crippen LogP contribution in [0, 0.1) is 24.5 Å². The second-order valence-corrected chi connectivity index (χ2v) is 9.47. The van der Waals surface area contributed by atoms with E-state index in [0.717, 1.165) is 30.4 Å². The molecule has 148 valence electrons. The van der Waals surface area contributed by atoms with Gasteiger partial charge in [-0.3, -0.25) is 4.72 Å². The fourth-order valence-electron chi connectivity index (χ4n) is 3.41. The highest BCUT2D eigenvalue weighted by Gasteiger charge is 2.31. The minimum atomic E-state index is -4.41. The molecule has 1 aromatic carbocycles. The topological polar surface area (TPSA) is 65.5 Å².